The van der Waals surface area contributed by atoms with Gasteiger partial charge in [-0.1, -0.05) is 11.2 Å². The lowest BCUT2D eigenvalue weighted by atomic mass is 10.2. The predicted molar refractivity (Wildman–Crippen MR) is 70.9 cm³/mol. The highest BCUT2D eigenvalue weighted by atomic mass is 32.1. The molecule has 0 aliphatic carbocycles. The van der Waals surface area contributed by atoms with Gasteiger partial charge < -0.3 is 9.63 Å². The van der Waals surface area contributed by atoms with Crippen molar-refractivity contribution in [2.24, 2.45) is 0 Å². The topological polar surface area (TPSA) is 66.6 Å². The number of aliphatic carboxylic acids is 1. The summed E-state index contributed by atoms with van der Waals surface area (Å²) in [7, 11) is 0. The number of carboxylic acid groups (broad SMARTS) is 1. The maximum Gasteiger partial charge on any atom is 0.320 e. The maximum absolute atomic E-state index is 11.1. The zero-order valence-corrected chi connectivity index (χ0v) is 11.1. The van der Waals surface area contributed by atoms with Gasteiger partial charge in [0.15, 0.2) is 5.76 Å². The van der Waals surface area contributed by atoms with E-state index in [1.165, 1.54) is 0 Å². The van der Waals surface area contributed by atoms with Gasteiger partial charge in [-0.25, -0.2) is 0 Å². The van der Waals surface area contributed by atoms with Crippen molar-refractivity contribution in [3.05, 3.63) is 29.3 Å². The van der Waals surface area contributed by atoms with Crippen LogP contribution in [0.3, 0.4) is 0 Å². The third-order valence-electron chi connectivity index (χ3n) is 3.34. The minimum Gasteiger partial charge on any atom is -0.480 e. The van der Waals surface area contributed by atoms with Gasteiger partial charge in [-0.05, 0) is 30.8 Å². The van der Waals surface area contributed by atoms with E-state index in [4.69, 9.17) is 9.63 Å². The third kappa shape index (κ3) is 2.54. The van der Waals surface area contributed by atoms with E-state index >= 15 is 0 Å². The molecule has 0 saturated carbocycles. The number of hydrogen-bond acceptors (Lipinski definition) is 5. The van der Waals surface area contributed by atoms with Crippen LogP contribution < -0.4 is 0 Å². The Morgan fingerprint density at radius 1 is 1.63 bits per heavy atom. The fourth-order valence-electron chi connectivity index (χ4n) is 2.42. The second-order valence-electron chi connectivity index (χ2n) is 4.63. The largest absolute Gasteiger partial charge is 0.480 e. The summed E-state index contributed by atoms with van der Waals surface area (Å²) >= 11 is 1.60. The molecule has 5 nitrogen and oxygen atoms in total. The first-order valence-corrected chi connectivity index (χ1v) is 7.08. The van der Waals surface area contributed by atoms with Gasteiger partial charge in [0.25, 0.3) is 0 Å². The summed E-state index contributed by atoms with van der Waals surface area (Å²) < 4.78 is 5.30. The summed E-state index contributed by atoms with van der Waals surface area (Å²) in [6.45, 7) is 1.34. The molecule has 1 aliphatic rings. The lowest BCUT2D eigenvalue weighted by Gasteiger charge is -2.19. The van der Waals surface area contributed by atoms with Crippen molar-refractivity contribution in [3.8, 4) is 10.6 Å². The average Bonchev–Trinajstić information content (AvgIpc) is 3.09. The van der Waals surface area contributed by atoms with Crippen molar-refractivity contribution >= 4 is 17.3 Å². The van der Waals surface area contributed by atoms with Crippen molar-refractivity contribution in [2.75, 3.05) is 6.54 Å². The highest BCUT2D eigenvalue weighted by Gasteiger charge is 2.30. The maximum atomic E-state index is 11.1. The van der Waals surface area contributed by atoms with Crippen molar-refractivity contribution in [2.45, 2.75) is 25.4 Å². The van der Waals surface area contributed by atoms with E-state index in [0.717, 1.165) is 29.3 Å². The fourth-order valence-corrected chi connectivity index (χ4v) is 3.10. The van der Waals surface area contributed by atoms with E-state index in [1.807, 2.05) is 28.5 Å². The van der Waals surface area contributed by atoms with Gasteiger partial charge in [0.05, 0.1) is 10.6 Å². The summed E-state index contributed by atoms with van der Waals surface area (Å²) in [6.07, 6.45) is 1.64. The molecule has 0 aromatic carbocycles. The van der Waals surface area contributed by atoms with Crippen LogP contribution in [0.15, 0.2) is 28.1 Å². The Morgan fingerprint density at radius 2 is 2.53 bits per heavy atom. The number of thiophene rings is 1. The van der Waals surface area contributed by atoms with Gasteiger partial charge >= 0.3 is 5.97 Å². The highest BCUT2D eigenvalue weighted by molar-refractivity contribution is 7.13. The monoisotopic (exact) mass is 278 g/mol. The van der Waals surface area contributed by atoms with Gasteiger partial charge in [-0.15, -0.1) is 11.3 Å². The smallest absolute Gasteiger partial charge is 0.320 e. The molecule has 0 bridgehead atoms. The molecule has 0 amide bonds. The zero-order valence-electron chi connectivity index (χ0n) is 10.3. The van der Waals surface area contributed by atoms with E-state index in [2.05, 4.69) is 5.16 Å². The number of nitrogens with zero attached hydrogens (tertiary/aromatic N) is 2. The number of likely N-dealkylation sites (tertiary alicyclic amines) is 1. The number of carbonyl (C=O) groups is 1. The van der Waals surface area contributed by atoms with Crippen LogP contribution in [0, 0.1) is 0 Å². The van der Waals surface area contributed by atoms with Crippen LogP contribution in [0.2, 0.25) is 0 Å². The van der Waals surface area contributed by atoms with E-state index in [9.17, 15) is 4.79 Å². The molecule has 0 radical (unpaired) electrons. The quantitative estimate of drug-likeness (QED) is 0.930. The summed E-state index contributed by atoms with van der Waals surface area (Å²) in [5.41, 5.74) is 0.788. The second-order valence-corrected chi connectivity index (χ2v) is 5.57. The Labute approximate surface area is 114 Å². The van der Waals surface area contributed by atoms with Gasteiger partial charge in [0.2, 0.25) is 0 Å². The Balaban J connectivity index is 1.72. The number of rotatable bonds is 4. The van der Waals surface area contributed by atoms with Gasteiger partial charge in [0, 0.05) is 12.6 Å². The van der Waals surface area contributed by atoms with E-state index in [1.54, 1.807) is 11.3 Å². The van der Waals surface area contributed by atoms with Crippen LogP contribution in [0.1, 0.15) is 18.5 Å². The molecule has 2 aromatic heterocycles. The first-order chi connectivity index (χ1) is 9.24. The molecule has 100 valence electrons. The molecule has 3 rings (SSSR count). The molecule has 6 heteroatoms. The van der Waals surface area contributed by atoms with Gasteiger partial charge in [-0.2, -0.15) is 0 Å². The lowest BCUT2D eigenvalue weighted by molar-refractivity contribution is -0.142. The lowest BCUT2D eigenvalue weighted by Crippen LogP contribution is -2.35. The molecule has 1 unspecified atom stereocenters. The van der Waals surface area contributed by atoms with Crippen LogP contribution in [0.4, 0.5) is 0 Å². The predicted octanol–water partition coefficient (Wildman–Crippen LogP) is 2.45. The Kier molecular flexibility index (Phi) is 3.35. The SMILES string of the molecule is O=C(O)C1CCCN1Cc1cc(-c2cccs2)on1. The summed E-state index contributed by atoms with van der Waals surface area (Å²) in [5.74, 6) is -0.00412. The van der Waals surface area contributed by atoms with E-state index in [-0.39, 0.29) is 6.04 Å². The molecule has 3 heterocycles. The van der Waals surface area contributed by atoms with Gasteiger partial charge in [0.1, 0.15) is 6.04 Å². The molecule has 1 fully saturated rings. The molecular formula is C13H14N2O3S. The van der Waals surface area contributed by atoms with Gasteiger partial charge in [-0.3, -0.25) is 9.69 Å². The Morgan fingerprint density at radius 3 is 3.26 bits per heavy atom. The second kappa shape index (κ2) is 5.14. The van der Waals surface area contributed by atoms with Crippen molar-refractivity contribution in [1.82, 2.24) is 10.1 Å². The molecule has 1 saturated heterocycles. The van der Waals surface area contributed by atoms with Crippen LogP contribution >= 0.6 is 11.3 Å². The van der Waals surface area contributed by atoms with E-state index in [0.29, 0.717) is 13.0 Å². The number of carboxylic acids is 1. The van der Waals surface area contributed by atoms with E-state index < -0.39 is 5.97 Å². The van der Waals surface area contributed by atoms with Crippen LogP contribution in [-0.2, 0) is 11.3 Å². The summed E-state index contributed by atoms with van der Waals surface area (Å²) in [4.78, 5) is 14.1. The number of aromatic nitrogens is 1. The zero-order chi connectivity index (χ0) is 13.2. The van der Waals surface area contributed by atoms with Crippen LogP contribution in [-0.4, -0.2) is 33.7 Å². The fraction of sp³-hybridized carbons (Fsp3) is 0.385. The normalized spacial score (nSPS) is 19.9. The standard InChI is InChI=1S/C13H14N2O3S/c16-13(17)10-3-1-5-15(10)8-9-7-11(18-14-9)12-4-2-6-19-12/h2,4,6-7,10H,1,3,5,8H2,(H,16,17). The Hall–Kier alpha value is -1.66. The molecule has 0 spiro atoms. The summed E-state index contributed by atoms with van der Waals surface area (Å²) in [5, 5.41) is 15.1. The molecule has 1 N–H and O–H groups in total. The van der Waals surface area contributed by atoms with Crippen LogP contribution in [0.5, 0.6) is 0 Å². The van der Waals surface area contributed by atoms with Crippen molar-refractivity contribution in [1.29, 1.82) is 0 Å². The highest BCUT2D eigenvalue weighted by Crippen LogP contribution is 2.26. The van der Waals surface area contributed by atoms with Crippen molar-refractivity contribution in [3.63, 3.8) is 0 Å². The molecular weight excluding hydrogens is 264 g/mol. The first-order valence-electron chi connectivity index (χ1n) is 6.20. The van der Waals surface area contributed by atoms with Crippen LogP contribution in [0.25, 0.3) is 10.6 Å². The molecule has 2 aromatic rings. The minimum absolute atomic E-state index is 0.387. The minimum atomic E-state index is -0.750. The van der Waals surface area contributed by atoms with Crippen molar-refractivity contribution < 1.29 is 14.4 Å². The number of hydrogen-bond donors (Lipinski definition) is 1. The molecule has 19 heavy (non-hydrogen) atoms. The third-order valence-corrected chi connectivity index (χ3v) is 4.22. The first kappa shape index (κ1) is 12.4. The summed E-state index contributed by atoms with van der Waals surface area (Å²) in [6, 6.07) is 5.44. The Bertz CT molecular complexity index is 564. The molecule has 1 atom stereocenters. The average molecular weight is 278 g/mol. The molecule has 1 aliphatic heterocycles.